The summed E-state index contributed by atoms with van der Waals surface area (Å²) in [6.45, 7) is 19.7. The summed E-state index contributed by atoms with van der Waals surface area (Å²) >= 11 is 0. The summed E-state index contributed by atoms with van der Waals surface area (Å²) in [5.74, 6) is 1.35. The average Bonchev–Trinajstić information content (AvgIpc) is 2.72. The molecule has 0 aliphatic heterocycles. The number of hydrogen-bond donors (Lipinski definition) is 1. The molecule has 4 saturated carbocycles. The Hall–Kier alpha value is -0.790. The number of rotatable bonds is 1. The molecule has 2 nitrogen and oxygen atoms in total. The van der Waals surface area contributed by atoms with Gasteiger partial charge < -0.3 is 5.11 Å². The Balaban J connectivity index is 1.58. The molecular formula is C31H50O2. The van der Waals surface area contributed by atoms with Crippen LogP contribution in [0.4, 0.5) is 0 Å². The van der Waals surface area contributed by atoms with Gasteiger partial charge in [0.2, 0.25) is 0 Å². The fourth-order valence-corrected chi connectivity index (χ4v) is 10.7. The standard InChI is InChI=1S/C31H50O2/c1-20-11-13-28(5)23-10-9-21-22-19-26(2,3)15-16-27(22,4)17-18-29(21,6)30(23,7)14-12-24(28)31(20,8)25(32)33/h9,20,22-24H,10-19H2,1-8H3,(H,32,33)/t20-,22?,23?,24?,27-,28-,29-,30-,31+/m1/s1. The highest BCUT2D eigenvalue weighted by molar-refractivity contribution is 5.75. The van der Waals surface area contributed by atoms with Crippen molar-refractivity contribution in [3.63, 3.8) is 0 Å². The van der Waals surface area contributed by atoms with Crippen molar-refractivity contribution in [2.75, 3.05) is 0 Å². The van der Waals surface area contributed by atoms with Gasteiger partial charge in [-0.05, 0) is 122 Å². The molecule has 9 atom stereocenters. The highest BCUT2D eigenvalue weighted by Crippen LogP contribution is 2.76. The summed E-state index contributed by atoms with van der Waals surface area (Å²) in [7, 11) is 0. The maximum atomic E-state index is 12.7. The van der Waals surface area contributed by atoms with Gasteiger partial charge in [0.25, 0.3) is 0 Å². The molecule has 0 radical (unpaired) electrons. The van der Waals surface area contributed by atoms with Crippen LogP contribution < -0.4 is 0 Å². The lowest BCUT2D eigenvalue weighted by atomic mass is 9.33. The van der Waals surface area contributed by atoms with E-state index in [1.54, 1.807) is 0 Å². The van der Waals surface area contributed by atoms with Crippen molar-refractivity contribution in [1.82, 2.24) is 0 Å². The van der Waals surface area contributed by atoms with Gasteiger partial charge in [-0.15, -0.1) is 0 Å². The quantitative estimate of drug-likeness (QED) is 0.403. The monoisotopic (exact) mass is 454 g/mol. The molecule has 0 aromatic carbocycles. The van der Waals surface area contributed by atoms with Crippen LogP contribution in [0.25, 0.3) is 0 Å². The number of hydrogen-bond acceptors (Lipinski definition) is 1. The molecule has 5 aliphatic rings. The number of carboxylic acids is 1. The number of aliphatic carboxylic acids is 1. The summed E-state index contributed by atoms with van der Waals surface area (Å²) in [5, 5.41) is 10.4. The molecule has 2 heteroatoms. The summed E-state index contributed by atoms with van der Waals surface area (Å²) in [5.41, 5.74) is 2.84. The first-order valence-electron chi connectivity index (χ1n) is 14.1. The van der Waals surface area contributed by atoms with Gasteiger partial charge in [-0.3, -0.25) is 4.79 Å². The van der Waals surface area contributed by atoms with Crippen LogP contribution in [0, 0.1) is 56.2 Å². The van der Waals surface area contributed by atoms with E-state index in [2.05, 4.69) is 61.5 Å². The van der Waals surface area contributed by atoms with Gasteiger partial charge in [-0.1, -0.05) is 60.1 Å². The smallest absolute Gasteiger partial charge is 0.309 e. The number of allylic oxidation sites excluding steroid dienone is 2. The van der Waals surface area contributed by atoms with Crippen molar-refractivity contribution in [3.05, 3.63) is 11.6 Å². The lowest BCUT2D eigenvalue weighted by Gasteiger charge is -2.71. The van der Waals surface area contributed by atoms with Gasteiger partial charge in [0.15, 0.2) is 0 Å². The third kappa shape index (κ3) is 2.88. The summed E-state index contributed by atoms with van der Waals surface area (Å²) in [4.78, 5) is 12.7. The van der Waals surface area contributed by atoms with E-state index in [1.165, 1.54) is 51.4 Å². The minimum atomic E-state index is -0.586. The molecule has 0 amide bonds. The van der Waals surface area contributed by atoms with E-state index in [9.17, 15) is 9.90 Å². The van der Waals surface area contributed by atoms with Crippen LogP contribution in [0.1, 0.15) is 120 Å². The fraction of sp³-hybridized carbons (Fsp3) is 0.903. The lowest BCUT2D eigenvalue weighted by molar-refractivity contribution is -0.205. The molecule has 0 spiro atoms. The normalized spacial score (nSPS) is 55.3. The van der Waals surface area contributed by atoms with E-state index < -0.39 is 11.4 Å². The van der Waals surface area contributed by atoms with Crippen molar-refractivity contribution in [3.8, 4) is 0 Å². The highest BCUT2D eigenvalue weighted by atomic mass is 16.4. The number of carbonyl (C=O) groups is 1. The number of carboxylic acid groups (broad SMARTS) is 1. The second-order valence-electron chi connectivity index (χ2n) is 15.4. The van der Waals surface area contributed by atoms with Crippen LogP contribution in [0.3, 0.4) is 0 Å². The van der Waals surface area contributed by atoms with Crippen LogP contribution >= 0.6 is 0 Å². The van der Waals surface area contributed by atoms with Crippen LogP contribution in [0.5, 0.6) is 0 Å². The topological polar surface area (TPSA) is 37.3 Å². The van der Waals surface area contributed by atoms with Crippen molar-refractivity contribution in [1.29, 1.82) is 0 Å². The van der Waals surface area contributed by atoms with Gasteiger partial charge >= 0.3 is 5.97 Å². The van der Waals surface area contributed by atoms with Crippen LogP contribution in [0.15, 0.2) is 11.6 Å². The van der Waals surface area contributed by atoms with E-state index in [0.717, 1.165) is 18.8 Å². The largest absolute Gasteiger partial charge is 0.481 e. The second-order valence-corrected chi connectivity index (χ2v) is 15.4. The summed E-state index contributed by atoms with van der Waals surface area (Å²) in [6, 6.07) is 0. The zero-order chi connectivity index (χ0) is 24.2. The summed E-state index contributed by atoms with van der Waals surface area (Å²) in [6.07, 6.45) is 15.2. The molecule has 186 valence electrons. The Morgan fingerprint density at radius 3 is 2.21 bits per heavy atom. The molecule has 0 aromatic heterocycles. The molecular weight excluding hydrogens is 404 g/mol. The van der Waals surface area contributed by atoms with Crippen LogP contribution in [-0.2, 0) is 4.79 Å². The first-order chi connectivity index (χ1) is 15.1. The fourth-order valence-electron chi connectivity index (χ4n) is 10.7. The minimum absolute atomic E-state index is 0.129. The van der Waals surface area contributed by atoms with Crippen molar-refractivity contribution < 1.29 is 9.90 Å². The van der Waals surface area contributed by atoms with Crippen molar-refractivity contribution in [2.45, 2.75) is 120 Å². The Morgan fingerprint density at radius 2 is 1.55 bits per heavy atom. The minimum Gasteiger partial charge on any atom is -0.481 e. The predicted molar refractivity (Wildman–Crippen MR) is 136 cm³/mol. The van der Waals surface area contributed by atoms with Crippen LogP contribution in [0.2, 0.25) is 0 Å². The molecule has 1 N–H and O–H groups in total. The molecule has 4 fully saturated rings. The maximum absolute atomic E-state index is 12.7. The van der Waals surface area contributed by atoms with E-state index in [1.807, 2.05) is 5.57 Å². The molecule has 33 heavy (non-hydrogen) atoms. The van der Waals surface area contributed by atoms with Gasteiger partial charge in [0, 0.05) is 0 Å². The molecule has 3 unspecified atom stereocenters. The van der Waals surface area contributed by atoms with Crippen LogP contribution in [-0.4, -0.2) is 11.1 Å². The average molecular weight is 455 g/mol. The Bertz CT molecular complexity index is 885. The first-order valence-corrected chi connectivity index (χ1v) is 14.1. The second kappa shape index (κ2) is 6.91. The molecule has 5 rings (SSSR count). The van der Waals surface area contributed by atoms with E-state index in [-0.39, 0.29) is 22.2 Å². The van der Waals surface area contributed by atoms with E-state index in [4.69, 9.17) is 0 Å². The predicted octanol–water partition coefficient (Wildman–Crippen LogP) is 8.51. The molecule has 0 heterocycles. The van der Waals surface area contributed by atoms with Gasteiger partial charge in [0.05, 0.1) is 5.41 Å². The summed E-state index contributed by atoms with van der Waals surface area (Å²) < 4.78 is 0. The van der Waals surface area contributed by atoms with Gasteiger partial charge in [0.1, 0.15) is 0 Å². The van der Waals surface area contributed by atoms with E-state index >= 15 is 0 Å². The highest BCUT2D eigenvalue weighted by Gasteiger charge is 2.69. The Kier molecular flexibility index (Phi) is 5.01. The Morgan fingerprint density at radius 1 is 0.879 bits per heavy atom. The molecule has 0 aromatic rings. The van der Waals surface area contributed by atoms with Crippen molar-refractivity contribution >= 4 is 5.97 Å². The molecule has 0 bridgehead atoms. The Labute approximate surface area is 203 Å². The zero-order valence-electron chi connectivity index (χ0n) is 22.8. The zero-order valence-corrected chi connectivity index (χ0v) is 22.8. The SMILES string of the molecule is C[C@@H]1CC[C@@]2(C)C(CC[C@]3(C)C2CC=C2C4CC(C)(C)CC[C@]4(C)CC[C@]23C)[C@@]1(C)C(=O)O. The maximum Gasteiger partial charge on any atom is 0.309 e. The third-order valence-electron chi connectivity index (χ3n) is 13.7. The lowest BCUT2D eigenvalue weighted by Crippen LogP contribution is -2.65. The molecule has 5 aliphatic carbocycles. The number of fused-ring (bicyclic) bond motifs is 7. The molecule has 0 saturated heterocycles. The third-order valence-corrected chi connectivity index (χ3v) is 13.7. The van der Waals surface area contributed by atoms with E-state index in [0.29, 0.717) is 22.7 Å². The van der Waals surface area contributed by atoms with Gasteiger partial charge in [-0.2, -0.15) is 0 Å². The first kappa shape index (κ1) is 23.9. The van der Waals surface area contributed by atoms with Gasteiger partial charge in [-0.25, -0.2) is 0 Å². The van der Waals surface area contributed by atoms with Crippen molar-refractivity contribution in [2.24, 2.45) is 56.2 Å².